The van der Waals surface area contributed by atoms with Gasteiger partial charge in [0.25, 0.3) is 0 Å². The van der Waals surface area contributed by atoms with Crippen molar-refractivity contribution in [2.45, 2.75) is 19.5 Å². The van der Waals surface area contributed by atoms with Gasteiger partial charge in [-0.1, -0.05) is 6.07 Å². The average molecular weight is 318 g/mol. The smallest absolute Gasteiger partial charge is 0.375 e. The number of nitrogens with two attached hydrogens (primary N) is 1. The molecule has 0 bridgehead atoms. The van der Waals surface area contributed by atoms with Crippen molar-refractivity contribution in [2.75, 3.05) is 5.32 Å². The van der Waals surface area contributed by atoms with Gasteiger partial charge in [0.05, 0.1) is 12.0 Å². The summed E-state index contributed by atoms with van der Waals surface area (Å²) in [5, 5.41) is 6.03. The average Bonchev–Trinajstić information content (AvgIpc) is 2.35. The fraction of sp³-hybridized carbons (Fsp3) is 0.250. The number of hydrogen-bond donors (Lipinski definition) is 3. The number of thiocarbonyl (C=S) groups is 1. The minimum atomic E-state index is -4.46. The molecule has 0 saturated carbocycles. The summed E-state index contributed by atoms with van der Waals surface area (Å²) >= 11 is 4.53. The van der Waals surface area contributed by atoms with E-state index in [4.69, 9.17) is 5.73 Å². The third-order valence-corrected chi connectivity index (χ3v) is 2.34. The van der Waals surface area contributed by atoms with Crippen molar-refractivity contribution >= 4 is 34.6 Å². The van der Waals surface area contributed by atoms with Gasteiger partial charge in [0.1, 0.15) is 0 Å². The van der Waals surface area contributed by atoms with Crippen LogP contribution in [-0.4, -0.2) is 16.7 Å². The third-order valence-electron chi connectivity index (χ3n) is 2.25. The van der Waals surface area contributed by atoms with Crippen LogP contribution in [0.4, 0.5) is 18.9 Å². The van der Waals surface area contributed by atoms with Crippen LogP contribution in [0.2, 0.25) is 0 Å². The molecule has 4 N–H and O–H groups in total. The van der Waals surface area contributed by atoms with Gasteiger partial charge in [-0.2, -0.15) is 18.3 Å². The molecule has 0 aliphatic heterocycles. The van der Waals surface area contributed by atoms with E-state index >= 15 is 0 Å². The number of hydrogen-bond acceptors (Lipinski definition) is 3. The number of alkyl halides is 3. The molecule has 9 heteroatoms. The second-order valence-corrected chi connectivity index (χ2v) is 4.57. The van der Waals surface area contributed by atoms with Crippen LogP contribution < -0.4 is 16.5 Å². The molecule has 0 aliphatic carbocycles. The zero-order valence-electron chi connectivity index (χ0n) is 11.0. The SMILES string of the molecule is C/C(CC(=O)Nc1cccc(C(F)(F)F)c1)=N/NC(N)=S. The Morgan fingerprint density at radius 1 is 1.43 bits per heavy atom. The van der Waals surface area contributed by atoms with E-state index in [0.29, 0.717) is 5.71 Å². The summed E-state index contributed by atoms with van der Waals surface area (Å²) in [5.41, 5.74) is 7.08. The molecular weight excluding hydrogens is 305 g/mol. The third kappa shape index (κ3) is 6.21. The number of nitrogens with one attached hydrogen (secondary N) is 2. The molecule has 1 aromatic rings. The Balaban J connectivity index is 2.67. The van der Waals surface area contributed by atoms with Crippen molar-refractivity contribution in [2.24, 2.45) is 10.8 Å². The maximum atomic E-state index is 12.5. The second-order valence-electron chi connectivity index (χ2n) is 4.13. The van der Waals surface area contributed by atoms with Gasteiger partial charge in [-0.15, -0.1) is 0 Å². The Hall–Kier alpha value is -2.16. The van der Waals surface area contributed by atoms with Crippen LogP contribution in [0.5, 0.6) is 0 Å². The first-order valence-electron chi connectivity index (χ1n) is 5.74. The largest absolute Gasteiger partial charge is 0.416 e. The summed E-state index contributed by atoms with van der Waals surface area (Å²) < 4.78 is 37.6. The summed E-state index contributed by atoms with van der Waals surface area (Å²) in [5.74, 6) is -0.500. The fourth-order valence-electron chi connectivity index (χ4n) is 1.40. The van der Waals surface area contributed by atoms with E-state index in [1.807, 2.05) is 0 Å². The van der Waals surface area contributed by atoms with E-state index in [0.717, 1.165) is 12.1 Å². The first-order valence-corrected chi connectivity index (χ1v) is 6.15. The number of anilines is 1. The normalized spacial score (nSPS) is 11.9. The van der Waals surface area contributed by atoms with Gasteiger partial charge in [-0.3, -0.25) is 10.2 Å². The summed E-state index contributed by atoms with van der Waals surface area (Å²) in [6.07, 6.45) is -4.56. The van der Waals surface area contributed by atoms with Gasteiger partial charge < -0.3 is 11.1 Å². The van der Waals surface area contributed by atoms with Crippen molar-refractivity contribution in [1.29, 1.82) is 0 Å². The zero-order chi connectivity index (χ0) is 16.0. The summed E-state index contributed by atoms with van der Waals surface area (Å²) in [6, 6.07) is 4.37. The van der Waals surface area contributed by atoms with Crippen molar-refractivity contribution in [3.63, 3.8) is 0 Å². The van der Waals surface area contributed by atoms with Gasteiger partial charge in [-0.25, -0.2) is 0 Å². The molecule has 0 heterocycles. The standard InChI is InChI=1S/C12H13F3N4OS/c1-7(18-19-11(16)21)5-10(20)17-9-4-2-3-8(6-9)12(13,14)15/h2-4,6H,5H2,1H3,(H,17,20)(H3,16,19,21)/b18-7-. The molecule has 0 saturated heterocycles. The minimum absolute atomic E-state index is 0.0485. The topological polar surface area (TPSA) is 79.5 Å². The predicted molar refractivity (Wildman–Crippen MR) is 77.7 cm³/mol. The highest BCUT2D eigenvalue weighted by Gasteiger charge is 2.30. The van der Waals surface area contributed by atoms with Crippen LogP contribution in [0.15, 0.2) is 29.4 Å². The van der Waals surface area contributed by atoms with E-state index in [1.165, 1.54) is 12.1 Å². The Kier molecular flexibility index (Phi) is 5.65. The van der Waals surface area contributed by atoms with E-state index in [9.17, 15) is 18.0 Å². The molecule has 1 aromatic carbocycles. The molecule has 0 spiro atoms. The van der Waals surface area contributed by atoms with Gasteiger partial charge in [0.15, 0.2) is 5.11 Å². The van der Waals surface area contributed by atoms with Gasteiger partial charge in [0.2, 0.25) is 5.91 Å². The highest BCUT2D eigenvalue weighted by atomic mass is 32.1. The minimum Gasteiger partial charge on any atom is -0.375 e. The van der Waals surface area contributed by atoms with E-state index in [1.54, 1.807) is 6.92 Å². The number of benzene rings is 1. The van der Waals surface area contributed by atoms with Gasteiger partial charge in [0, 0.05) is 11.4 Å². The van der Waals surface area contributed by atoms with Crippen molar-refractivity contribution in [1.82, 2.24) is 5.43 Å². The van der Waals surface area contributed by atoms with Crippen LogP contribution in [-0.2, 0) is 11.0 Å². The molecular formula is C12H13F3N4OS. The first kappa shape index (κ1) is 16.9. The number of amides is 1. The number of carbonyl (C=O) groups excluding carboxylic acids is 1. The van der Waals surface area contributed by atoms with Crippen LogP contribution >= 0.6 is 12.2 Å². The predicted octanol–water partition coefficient (Wildman–Crippen LogP) is 2.24. The van der Waals surface area contributed by atoms with E-state index in [2.05, 4.69) is 28.1 Å². The number of carbonyl (C=O) groups is 1. The van der Waals surface area contributed by atoms with Crippen LogP contribution in [0.25, 0.3) is 0 Å². The Morgan fingerprint density at radius 3 is 2.67 bits per heavy atom. The van der Waals surface area contributed by atoms with Crippen LogP contribution in [0.3, 0.4) is 0 Å². The molecule has 114 valence electrons. The van der Waals surface area contributed by atoms with Crippen LogP contribution in [0.1, 0.15) is 18.9 Å². The lowest BCUT2D eigenvalue weighted by atomic mass is 10.2. The van der Waals surface area contributed by atoms with Crippen molar-refractivity contribution in [3.8, 4) is 0 Å². The van der Waals surface area contributed by atoms with E-state index in [-0.39, 0.29) is 17.2 Å². The molecule has 0 unspecified atom stereocenters. The Labute approximate surface area is 124 Å². The lowest BCUT2D eigenvalue weighted by molar-refractivity contribution is -0.137. The molecule has 1 rings (SSSR count). The molecule has 21 heavy (non-hydrogen) atoms. The fourth-order valence-corrected chi connectivity index (χ4v) is 1.45. The van der Waals surface area contributed by atoms with Crippen LogP contribution in [0, 0.1) is 0 Å². The molecule has 0 radical (unpaired) electrons. The highest BCUT2D eigenvalue weighted by Crippen LogP contribution is 2.30. The number of rotatable bonds is 4. The summed E-state index contributed by atoms with van der Waals surface area (Å²) in [6.45, 7) is 1.55. The molecule has 1 amide bonds. The molecule has 0 aliphatic rings. The number of halogens is 3. The summed E-state index contributed by atoms with van der Waals surface area (Å²) in [4.78, 5) is 11.7. The monoisotopic (exact) mass is 318 g/mol. The van der Waals surface area contributed by atoms with Crippen molar-refractivity contribution < 1.29 is 18.0 Å². The number of hydrazone groups is 1. The first-order chi connectivity index (χ1) is 9.68. The highest BCUT2D eigenvalue weighted by molar-refractivity contribution is 7.80. The lowest BCUT2D eigenvalue weighted by Gasteiger charge is -2.09. The second kappa shape index (κ2) is 7.02. The molecule has 5 nitrogen and oxygen atoms in total. The molecule has 0 atom stereocenters. The van der Waals surface area contributed by atoms with Gasteiger partial charge in [-0.05, 0) is 37.3 Å². The zero-order valence-corrected chi connectivity index (χ0v) is 11.8. The lowest BCUT2D eigenvalue weighted by Crippen LogP contribution is -2.26. The Bertz CT molecular complexity index is 572. The number of nitrogens with zero attached hydrogens (tertiary/aromatic N) is 1. The van der Waals surface area contributed by atoms with Crippen molar-refractivity contribution in [3.05, 3.63) is 29.8 Å². The Morgan fingerprint density at radius 2 is 2.10 bits per heavy atom. The van der Waals surface area contributed by atoms with Gasteiger partial charge >= 0.3 is 6.18 Å². The quantitative estimate of drug-likeness (QED) is 0.452. The molecule has 0 aromatic heterocycles. The maximum absolute atomic E-state index is 12.5. The summed E-state index contributed by atoms with van der Waals surface area (Å²) in [7, 11) is 0. The maximum Gasteiger partial charge on any atom is 0.416 e. The molecule has 0 fully saturated rings. The van der Waals surface area contributed by atoms with E-state index < -0.39 is 17.6 Å².